The van der Waals surface area contributed by atoms with Gasteiger partial charge < -0.3 is 24.4 Å². The molecule has 2 aliphatic rings. The molecule has 1 fully saturated rings. The molecule has 13 nitrogen and oxygen atoms in total. The first-order valence-electron chi connectivity index (χ1n) is 22.9. The predicted molar refractivity (Wildman–Crippen MR) is 261 cm³/mol. The molecule has 0 aliphatic carbocycles. The highest BCUT2D eigenvalue weighted by molar-refractivity contribution is 9.10. The maximum absolute atomic E-state index is 13.8. The van der Waals surface area contributed by atoms with Crippen LogP contribution in [-0.4, -0.2) is 91.2 Å². The fourth-order valence-electron chi connectivity index (χ4n) is 6.96. The molecule has 0 radical (unpaired) electrons. The Kier molecular flexibility index (Phi) is 23.4. The number of aliphatic imine (C=N–C) groups is 1. The van der Waals surface area contributed by atoms with Gasteiger partial charge in [-0.3, -0.25) is 19.2 Å². The fraction of sp³-hybridized carbons (Fsp3) is 0.551. The molecule has 0 spiro atoms. The highest BCUT2D eigenvalue weighted by Gasteiger charge is 2.40. The number of hydrogen-bond acceptors (Lipinski definition) is 10. The Bertz CT molecular complexity index is 2070. The summed E-state index contributed by atoms with van der Waals surface area (Å²) in [6, 6.07) is 19.8. The molecule has 354 valence electrons. The summed E-state index contributed by atoms with van der Waals surface area (Å²) in [5, 5.41) is 4.94. The summed E-state index contributed by atoms with van der Waals surface area (Å²) in [6.45, 7) is 20.4. The number of rotatable bonds is 23. The quantitative estimate of drug-likeness (QED) is 0.0697. The standard InChI is InChI=1S/C38H50BrN3O5S.C6H15N.C5H7NO3/c1-4-5-6-7-8-9-10-11-12-17-26-47-34-21-15-13-19-31(34)41-38(43)36(39)37-40-32-20-14-16-22-35(32)48(44,45)42(37)25-18-27-46-33-24-23-29(2)28-30(33)3;1-4-7(5-2)6-3;1-5(2)3(7)6-4(8)9-5/h13-16,19-24,28,36H,4-12,17-18,25-27H2,1-3H3,(H,41,43);4-6H2,1-3H3;1-2H3,(H,6,7,8). The van der Waals surface area contributed by atoms with E-state index in [1.165, 1.54) is 95.2 Å². The number of nitrogens with one attached hydrogen (secondary N) is 2. The minimum absolute atomic E-state index is 0.0916. The zero-order valence-electron chi connectivity index (χ0n) is 39.3. The highest BCUT2D eigenvalue weighted by Crippen LogP contribution is 2.35. The molecule has 64 heavy (non-hydrogen) atoms. The van der Waals surface area contributed by atoms with Crippen molar-refractivity contribution in [3.05, 3.63) is 77.9 Å². The van der Waals surface area contributed by atoms with Gasteiger partial charge in [0.25, 0.3) is 15.9 Å². The molecule has 15 heteroatoms. The van der Waals surface area contributed by atoms with Crippen LogP contribution in [0.5, 0.6) is 11.5 Å². The summed E-state index contributed by atoms with van der Waals surface area (Å²) in [5.74, 6) is 0.599. The number of halogens is 1. The number of alkyl carbamates (subject to hydrolysis) is 1. The Hall–Kier alpha value is -4.47. The number of nitrogens with zero attached hydrogens (tertiary/aromatic N) is 3. The van der Waals surface area contributed by atoms with Gasteiger partial charge in [-0.05, 0) is 89.6 Å². The lowest BCUT2D eigenvalue weighted by atomic mass is 10.1. The number of aryl methyl sites for hydroxylation is 2. The van der Waals surface area contributed by atoms with E-state index in [0.29, 0.717) is 36.8 Å². The van der Waals surface area contributed by atoms with E-state index >= 15 is 0 Å². The number of fused-ring (bicyclic) bond motifs is 1. The number of hydrogen-bond donors (Lipinski definition) is 2. The van der Waals surface area contributed by atoms with Crippen molar-refractivity contribution in [3.63, 3.8) is 0 Å². The summed E-state index contributed by atoms with van der Waals surface area (Å²) < 4.78 is 45.5. The van der Waals surface area contributed by atoms with Crippen LogP contribution in [0.2, 0.25) is 0 Å². The average molecular weight is 971 g/mol. The van der Waals surface area contributed by atoms with Crippen molar-refractivity contribution in [2.45, 2.75) is 141 Å². The second-order valence-electron chi connectivity index (χ2n) is 16.3. The van der Waals surface area contributed by atoms with Gasteiger partial charge in [0.05, 0.1) is 24.6 Å². The molecule has 1 atom stereocenters. The Morgan fingerprint density at radius 1 is 0.812 bits per heavy atom. The number of anilines is 1. The van der Waals surface area contributed by atoms with E-state index in [-0.39, 0.29) is 23.2 Å². The second-order valence-corrected chi connectivity index (χ2v) is 19.1. The summed E-state index contributed by atoms with van der Waals surface area (Å²) in [5.41, 5.74) is 2.00. The largest absolute Gasteiger partial charge is 0.493 e. The van der Waals surface area contributed by atoms with Crippen molar-refractivity contribution in [2.24, 2.45) is 4.99 Å². The average Bonchev–Trinajstić information content (AvgIpc) is 3.51. The van der Waals surface area contributed by atoms with Gasteiger partial charge in [0.2, 0.25) is 5.91 Å². The molecule has 1 unspecified atom stereocenters. The third-order valence-corrected chi connectivity index (χ3v) is 13.5. The fourth-order valence-corrected chi connectivity index (χ4v) is 9.18. The lowest BCUT2D eigenvalue weighted by molar-refractivity contribution is -0.128. The van der Waals surface area contributed by atoms with E-state index in [0.717, 1.165) is 29.7 Å². The van der Waals surface area contributed by atoms with Gasteiger partial charge in [0.1, 0.15) is 22.2 Å². The third kappa shape index (κ3) is 17.2. The summed E-state index contributed by atoms with van der Waals surface area (Å²) in [6.07, 6.45) is 12.2. The van der Waals surface area contributed by atoms with Crippen molar-refractivity contribution in [2.75, 3.05) is 44.7 Å². The normalized spacial score (nSPS) is 15.0. The van der Waals surface area contributed by atoms with Crippen molar-refractivity contribution in [1.82, 2.24) is 14.5 Å². The molecule has 2 heterocycles. The van der Waals surface area contributed by atoms with Crippen molar-refractivity contribution < 1.29 is 37.0 Å². The van der Waals surface area contributed by atoms with Crippen LogP contribution < -0.4 is 20.1 Å². The third-order valence-electron chi connectivity index (χ3n) is 10.8. The Morgan fingerprint density at radius 3 is 1.95 bits per heavy atom. The van der Waals surface area contributed by atoms with E-state index in [1.807, 2.05) is 55.6 Å². The van der Waals surface area contributed by atoms with E-state index < -0.39 is 32.5 Å². The van der Waals surface area contributed by atoms with Crippen LogP contribution in [0.25, 0.3) is 0 Å². The number of ether oxygens (including phenoxy) is 3. The lowest BCUT2D eigenvalue weighted by Crippen LogP contribution is -2.47. The predicted octanol–water partition coefficient (Wildman–Crippen LogP) is 10.9. The van der Waals surface area contributed by atoms with Crippen LogP contribution in [0, 0.1) is 13.8 Å². The van der Waals surface area contributed by atoms with Gasteiger partial charge in [0.15, 0.2) is 10.4 Å². The number of unbranched alkanes of at least 4 members (excludes halogenated alkanes) is 9. The maximum Gasteiger partial charge on any atom is 0.415 e. The topological polar surface area (TPSA) is 156 Å². The first-order chi connectivity index (χ1) is 30.6. The number of benzene rings is 3. The molecular formula is C49H72BrN5O8S. The number of amides is 3. The molecule has 1 saturated heterocycles. The van der Waals surface area contributed by atoms with Gasteiger partial charge in [-0.2, -0.15) is 0 Å². The molecule has 0 aromatic heterocycles. The molecule has 3 aromatic rings. The van der Waals surface area contributed by atoms with Gasteiger partial charge >= 0.3 is 6.09 Å². The van der Waals surface area contributed by atoms with Gasteiger partial charge in [0, 0.05) is 13.0 Å². The van der Waals surface area contributed by atoms with E-state index in [1.54, 1.807) is 24.3 Å². The minimum Gasteiger partial charge on any atom is -0.493 e. The molecule has 3 amide bonds. The van der Waals surface area contributed by atoms with Crippen LogP contribution in [0.1, 0.15) is 123 Å². The summed E-state index contributed by atoms with van der Waals surface area (Å²) in [7, 11) is -3.97. The van der Waals surface area contributed by atoms with Gasteiger partial charge in [-0.25, -0.2) is 18.2 Å². The Morgan fingerprint density at radius 2 is 1.39 bits per heavy atom. The SMILES string of the molecule is CC1(C)OC(=O)NC1=O.CCCCCCCCCCCCOc1ccccc1NC(=O)C(Br)C1=Nc2ccccc2S(=O)(=O)N1CCCOc1ccc(C)cc1C.CCN(CC)CC. The van der Waals surface area contributed by atoms with E-state index in [4.69, 9.17) is 9.47 Å². The highest BCUT2D eigenvalue weighted by atomic mass is 79.9. The molecule has 2 aliphatic heterocycles. The summed E-state index contributed by atoms with van der Waals surface area (Å²) >= 11 is 3.48. The van der Waals surface area contributed by atoms with E-state index in [9.17, 15) is 22.8 Å². The number of amidine groups is 1. The zero-order valence-corrected chi connectivity index (χ0v) is 41.7. The van der Waals surface area contributed by atoms with Crippen LogP contribution in [0.4, 0.5) is 16.2 Å². The number of imide groups is 1. The number of cyclic esters (lactones) is 1. The number of sulfonamides is 1. The number of carbonyl (C=O) groups excluding carboxylic acids is 3. The van der Waals surface area contributed by atoms with Crippen LogP contribution >= 0.6 is 15.9 Å². The monoisotopic (exact) mass is 969 g/mol. The molecule has 2 N–H and O–H groups in total. The van der Waals surface area contributed by atoms with E-state index in [2.05, 4.69) is 63.6 Å². The van der Waals surface area contributed by atoms with Crippen LogP contribution in [-0.2, 0) is 24.3 Å². The van der Waals surface area contributed by atoms with Crippen molar-refractivity contribution in [3.8, 4) is 11.5 Å². The zero-order chi connectivity index (χ0) is 47.1. The van der Waals surface area contributed by atoms with Gasteiger partial charge in [-0.15, -0.1) is 0 Å². The summed E-state index contributed by atoms with van der Waals surface area (Å²) in [4.78, 5) is 40.7. The Balaban J connectivity index is 0.000000570. The molecule has 0 saturated carbocycles. The molecule has 0 bridgehead atoms. The van der Waals surface area contributed by atoms with Crippen molar-refractivity contribution >= 4 is 61.1 Å². The maximum atomic E-state index is 13.8. The van der Waals surface area contributed by atoms with Crippen molar-refractivity contribution in [1.29, 1.82) is 0 Å². The first kappa shape index (κ1) is 53.9. The first-order valence-corrected chi connectivity index (χ1v) is 25.3. The van der Waals surface area contributed by atoms with Crippen LogP contribution in [0.3, 0.4) is 0 Å². The minimum atomic E-state index is -3.97. The molecule has 5 rings (SSSR count). The Labute approximate surface area is 391 Å². The molecule has 3 aromatic carbocycles. The molecular weight excluding hydrogens is 899 g/mol. The smallest absolute Gasteiger partial charge is 0.415 e. The van der Waals surface area contributed by atoms with Crippen LogP contribution in [0.15, 0.2) is 76.6 Å². The van der Waals surface area contributed by atoms with Gasteiger partial charge in [-0.1, -0.05) is 143 Å². The number of alkyl halides is 1. The lowest BCUT2D eigenvalue weighted by Gasteiger charge is -2.31. The second kappa shape index (κ2) is 27.8. The number of carbonyl (C=O) groups is 3. The number of para-hydroxylation sites is 3.